The van der Waals surface area contributed by atoms with E-state index in [0.29, 0.717) is 10.8 Å². The van der Waals surface area contributed by atoms with Crippen LogP contribution in [0.5, 0.6) is 0 Å². The van der Waals surface area contributed by atoms with E-state index in [0.717, 1.165) is 0 Å². The van der Waals surface area contributed by atoms with Crippen LogP contribution in [-0.4, -0.2) is 11.8 Å². The van der Waals surface area contributed by atoms with Gasteiger partial charge in [-0.2, -0.15) is 0 Å². The van der Waals surface area contributed by atoms with Gasteiger partial charge in [-0.25, -0.2) is 9.12 Å². The minimum Gasteiger partial charge on any atom is -0.231 e. The molecule has 168 valence electrons. The quantitative estimate of drug-likeness (QED) is 0.455. The fourth-order valence-electron chi connectivity index (χ4n) is 6.07. The van der Waals surface area contributed by atoms with E-state index in [2.05, 4.69) is 58.4 Å². The molecule has 3 aliphatic carbocycles. The van der Waals surface area contributed by atoms with Crippen molar-refractivity contribution in [2.24, 2.45) is 4.40 Å². The molecule has 0 saturated heterocycles. The molecule has 4 aliphatic rings. The Labute approximate surface area is 204 Å². The van der Waals surface area contributed by atoms with E-state index in [-0.39, 0.29) is 6.04 Å². The monoisotopic (exact) mass is 480 g/mol. The highest BCUT2D eigenvalue weighted by Crippen LogP contribution is 2.52. The van der Waals surface area contributed by atoms with Crippen LogP contribution in [0.25, 0.3) is 11.1 Å². The van der Waals surface area contributed by atoms with E-state index >= 15 is 0 Å². The zero-order chi connectivity index (χ0) is 22.4. The highest BCUT2D eigenvalue weighted by molar-refractivity contribution is 7.96. The van der Waals surface area contributed by atoms with Gasteiger partial charge in [0.2, 0.25) is 0 Å². The molecular weight excluding hydrogens is 449 g/mol. The summed E-state index contributed by atoms with van der Waals surface area (Å²) in [4.78, 5) is 6.15. The number of thiophene rings is 2. The predicted molar refractivity (Wildman–Crippen MR) is 143 cm³/mol. The Hall–Kier alpha value is -1.14. The van der Waals surface area contributed by atoms with Crippen LogP contribution in [0.15, 0.2) is 16.5 Å². The lowest BCUT2D eigenvalue weighted by Gasteiger charge is -2.24. The van der Waals surface area contributed by atoms with Gasteiger partial charge < -0.3 is 0 Å². The lowest BCUT2D eigenvalue weighted by atomic mass is 9.86. The number of allylic oxidation sites excluding steroid dienone is 2. The van der Waals surface area contributed by atoms with Gasteiger partial charge in [0.25, 0.3) is 0 Å². The van der Waals surface area contributed by atoms with Crippen molar-refractivity contribution < 1.29 is 0 Å². The third-order valence-electron chi connectivity index (χ3n) is 8.52. The highest BCUT2D eigenvalue weighted by atomic mass is 32.2. The van der Waals surface area contributed by atoms with Crippen molar-refractivity contribution in [3.05, 3.63) is 53.9 Å². The van der Waals surface area contributed by atoms with Gasteiger partial charge in [-0.15, -0.1) is 22.7 Å². The zero-order valence-corrected chi connectivity index (χ0v) is 22.4. The van der Waals surface area contributed by atoms with Crippen LogP contribution < -0.4 is 4.72 Å². The van der Waals surface area contributed by atoms with Gasteiger partial charge in [0, 0.05) is 30.5 Å². The van der Waals surface area contributed by atoms with Crippen LogP contribution in [0.1, 0.15) is 88.7 Å². The summed E-state index contributed by atoms with van der Waals surface area (Å²) in [6.07, 6.45) is 11.0. The molecule has 6 rings (SSSR count). The molecule has 0 spiro atoms. The standard InChI is InChI=1S/C27H32N2S3/c1-7-27(6)13-11-17-15(3)23(31-25(17)27)19-9-8-18(20-21(19)29-32-28-20)22-14(2)16-10-12-26(4,5)24(16)30-22/h8-9,20,28H,7,10-13H2,1-6H3. The average molecular weight is 481 g/mol. The first kappa shape index (κ1) is 21.4. The van der Waals surface area contributed by atoms with Crippen LogP contribution in [0, 0.1) is 13.8 Å². The summed E-state index contributed by atoms with van der Waals surface area (Å²) >= 11 is 5.60. The Balaban J connectivity index is 1.46. The second-order valence-electron chi connectivity index (χ2n) is 10.8. The van der Waals surface area contributed by atoms with E-state index in [1.165, 1.54) is 82.0 Å². The topological polar surface area (TPSA) is 24.4 Å². The van der Waals surface area contributed by atoms with Crippen molar-refractivity contribution in [2.75, 3.05) is 0 Å². The van der Waals surface area contributed by atoms with Gasteiger partial charge in [0.1, 0.15) is 0 Å². The van der Waals surface area contributed by atoms with Crippen LogP contribution in [0.2, 0.25) is 0 Å². The predicted octanol–water partition coefficient (Wildman–Crippen LogP) is 7.72. The molecule has 2 aromatic rings. The summed E-state index contributed by atoms with van der Waals surface area (Å²) in [5, 5.41) is 0. The summed E-state index contributed by atoms with van der Waals surface area (Å²) < 4.78 is 8.55. The number of rotatable bonds is 3. The van der Waals surface area contributed by atoms with Gasteiger partial charge >= 0.3 is 0 Å². The Morgan fingerprint density at radius 2 is 1.66 bits per heavy atom. The third-order valence-corrected chi connectivity index (χ3v) is 12.6. The zero-order valence-electron chi connectivity index (χ0n) is 19.9. The van der Waals surface area contributed by atoms with Gasteiger partial charge in [-0.05, 0) is 79.2 Å². The van der Waals surface area contributed by atoms with Crippen LogP contribution in [0.4, 0.5) is 0 Å². The molecule has 1 aliphatic heterocycles. The first-order valence-electron chi connectivity index (χ1n) is 11.9. The fraction of sp³-hybridized carbons (Fsp3) is 0.519. The molecule has 0 amide bonds. The van der Waals surface area contributed by atoms with Gasteiger partial charge in [0.05, 0.1) is 23.9 Å². The van der Waals surface area contributed by atoms with E-state index in [1.54, 1.807) is 20.9 Å². The Morgan fingerprint density at radius 3 is 2.41 bits per heavy atom. The molecule has 0 aromatic carbocycles. The number of nitrogens with zero attached hydrogens (tertiary/aromatic N) is 1. The van der Waals surface area contributed by atoms with E-state index in [1.807, 2.05) is 22.7 Å². The average Bonchev–Trinajstić information content (AvgIpc) is 3.55. The molecule has 1 N–H and O–H groups in total. The maximum Gasteiger partial charge on any atom is 0.0887 e. The largest absolute Gasteiger partial charge is 0.231 e. The van der Waals surface area contributed by atoms with Crippen molar-refractivity contribution in [3.8, 4) is 0 Å². The van der Waals surface area contributed by atoms with Crippen molar-refractivity contribution in [2.45, 2.75) is 90.5 Å². The van der Waals surface area contributed by atoms with Crippen LogP contribution >= 0.6 is 34.8 Å². The van der Waals surface area contributed by atoms with Gasteiger partial charge in [0.15, 0.2) is 0 Å². The minimum atomic E-state index is 0.189. The molecule has 32 heavy (non-hydrogen) atoms. The van der Waals surface area contributed by atoms with E-state index < -0.39 is 0 Å². The Kier molecular flexibility index (Phi) is 4.80. The first-order valence-corrected chi connectivity index (χ1v) is 14.3. The number of nitrogens with one attached hydrogen (secondary N) is 1. The SMILES string of the molecule is CCC1(C)CCc2c1sc(C1=CC=C(c3sc4c(c3C)CCC4(C)C)C3NSN=C13)c2C. The molecule has 0 saturated carbocycles. The molecule has 2 atom stereocenters. The van der Waals surface area contributed by atoms with Crippen molar-refractivity contribution >= 4 is 51.7 Å². The molecule has 2 unspecified atom stereocenters. The van der Waals surface area contributed by atoms with Crippen molar-refractivity contribution in [3.63, 3.8) is 0 Å². The number of hydrogen-bond donors (Lipinski definition) is 1. The summed E-state index contributed by atoms with van der Waals surface area (Å²) in [5.74, 6) is 0. The smallest absolute Gasteiger partial charge is 0.0887 e. The lowest BCUT2D eigenvalue weighted by Crippen LogP contribution is -2.31. The van der Waals surface area contributed by atoms with Crippen molar-refractivity contribution in [1.82, 2.24) is 4.72 Å². The Morgan fingerprint density at radius 1 is 0.969 bits per heavy atom. The third kappa shape index (κ3) is 2.84. The Bertz CT molecular complexity index is 1240. The molecular formula is C27H32N2S3. The molecule has 0 bridgehead atoms. The minimum absolute atomic E-state index is 0.189. The summed E-state index contributed by atoms with van der Waals surface area (Å²) in [6.45, 7) is 14.3. The number of hydrogen-bond acceptors (Lipinski definition) is 5. The van der Waals surface area contributed by atoms with Crippen molar-refractivity contribution in [1.29, 1.82) is 0 Å². The normalized spacial score (nSPS) is 27.7. The first-order chi connectivity index (χ1) is 15.2. The van der Waals surface area contributed by atoms with Gasteiger partial charge in [-0.1, -0.05) is 39.8 Å². The molecule has 3 heterocycles. The molecule has 2 aromatic heterocycles. The fourth-order valence-corrected chi connectivity index (χ4v) is 9.95. The molecule has 0 radical (unpaired) electrons. The summed E-state index contributed by atoms with van der Waals surface area (Å²) in [5.41, 5.74) is 10.9. The molecule has 5 heteroatoms. The van der Waals surface area contributed by atoms with Crippen LogP contribution in [0.3, 0.4) is 0 Å². The summed E-state index contributed by atoms with van der Waals surface area (Å²) in [7, 11) is 0. The van der Waals surface area contributed by atoms with Crippen LogP contribution in [-0.2, 0) is 23.7 Å². The second-order valence-corrected chi connectivity index (χ2v) is 13.5. The molecule has 0 fully saturated rings. The van der Waals surface area contributed by atoms with E-state index in [4.69, 9.17) is 4.40 Å². The van der Waals surface area contributed by atoms with Gasteiger partial charge in [-0.3, -0.25) is 0 Å². The molecule has 2 nitrogen and oxygen atoms in total. The maximum atomic E-state index is 4.92. The summed E-state index contributed by atoms with van der Waals surface area (Å²) in [6, 6.07) is 0.189. The second kappa shape index (κ2) is 7.18. The highest BCUT2D eigenvalue weighted by Gasteiger charge is 2.41. The van der Waals surface area contributed by atoms with E-state index in [9.17, 15) is 0 Å². The lowest BCUT2D eigenvalue weighted by molar-refractivity contribution is 0.460. The maximum absolute atomic E-state index is 4.92. The number of fused-ring (bicyclic) bond motifs is 3.